The van der Waals surface area contributed by atoms with Crippen molar-refractivity contribution in [1.29, 1.82) is 0 Å². The first-order chi connectivity index (χ1) is 16.4. The molecular weight excluding hydrogens is 502 g/mol. The highest BCUT2D eigenvalue weighted by molar-refractivity contribution is 9.10. The zero-order chi connectivity index (χ0) is 24.5. The van der Waals surface area contributed by atoms with Crippen molar-refractivity contribution in [1.82, 2.24) is 5.32 Å². The van der Waals surface area contributed by atoms with Crippen molar-refractivity contribution in [2.45, 2.75) is 0 Å². The molecule has 0 bridgehead atoms. The van der Waals surface area contributed by atoms with Crippen LogP contribution in [0.15, 0.2) is 77.3 Å². The summed E-state index contributed by atoms with van der Waals surface area (Å²) in [6, 6.07) is 18.4. The Labute approximate surface area is 205 Å². The Kier molecular flexibility index (Phi) is 8.59. The topological polar surface area (TPSA) is 90.9 Å². The summed E-state index contributed by atoms with van der Waals surface area (Å²) < 4.78 is 16.9. The van der Waals surface area contributed by atoms with Gasteiger partial charge in [0.05, 0.1) is 19.8 Å². The number of hydrogen-bond acceptors (Lipinski definition) is 6. The number of imide groups is 1. The summed E-state index contributed by atoms with van der Waals surface area (Å²) in [4.78, 5) is 37.3. The molecule has 0 saturated carbocycles. The third-order valence-electron chi connectivity index (χ3n) is 4.73. The van der Waals surface area contributed by atoms with E-state index in [1.54, 1.807) is 66.7 Å². The van der Waals surface area contributed by atoms with Crippen LogP contribution in [0.4, 0.5) is 0 Å². The van der Waals surface area contributed by atoms with E-state index in [1.165, 1.54) is 26.4 Å². The maximum atomic E-state index is 12.7. The van der Waals surface area contributed by atoms with Crippen LogP contribution >= 0.6 is 15.9 Å². The lowest BCUT2D eigenvalue weighted by Crippen LogP contribution is -2.29. The van der Waals surface area contributed by atoms with Crippen molar-refractivity contribution in [3.8, 4) is 17.2 Å². The molecule has 174 valence electrons. The Morgan fingerprint density at radius 3 is 2.29 bits per heavy atom. The minimum atomic E-state index is -0.645. The molecule has 34 heavy (non-hydrogen) atoms. The molecule has 3 rings (SSSR count). The van der Waals surface area contributed by atoms with E-state index in [9.17, 15) is 14.4 Å². The van der Waals surface area contributed by atoms with Crippen LogP contribution in [0, 0.1) is 0 Å². The van der Waals surface area contributed by atoms with Crippen LogP contribution in [-0.2, 0) is 4.79 Å². The van der Waals surface area contributed by atoms with Gasteiger partial charge < -0.3 is 14.2 Å². The molecule has 0 atom stereocenters. The molecule has 8 heteroatoms. The number of ether oxygens (including phenoxy) is 3. The normalized spacial score (nSPS) is 10.6. The maximum Gasteiger partial charge on any atom is 0.261 e. The van der Waals surface area contributed by atoms with Gasteiger partial charge in [-0.25, -0.2) is 0 Å². The minimum Gasteiger partial charge on any atom is -0.493 e. The molecule has 0 aliphatic carbocycles. The second-order valence-electron chi connectivity index (χ2n) is 6.98. The molecular formula is C26H22BrNO6. The van der Waals surface area contributed by atoms with E-state index in [4.69, 9.17) is 14.2 Å². The summed E-state index contributed by atoms with van der Waals surface area (Å²) >= 11 is 3.32. The number of carbonyl (C=O) groups is 3. The van der Waals surface area contributed by atoms with E-state index in [0.29, 0.717) is 22.6 Å². The Hall–Kier alpha value is -3.91. The van der Waals surface area contributed by atoms with Gasteiger partial charge >= 0.3 is 0 Å². The van der Waals surface area contributed by atoms with Gasteiger partial charge in [-0.15, -0.1) is 0 Å². The standard InChI is InChI=1S/C26H22BrNO6/c1-32-23-13-7-17(15-24(23)33-2)8-14-25(30)28-26(31)20-5-3-4-6-22(20)34-16-21(29)18-9-11-19(27)12-10-18/h3-15H,16H2,1-2H3,(H,28,30,31)/b14-8+. The average Bonchev–Trinajstić information content (AvgIpc) is 2.86. The monoisotopic (exact) mass is 523 g/mol. The lowest BCUT2D eigenvalue weighted by atomic mass is 10.1. The molecule has 3 aromatic rings. The first-order valence-corrected chi connectivity index (χ1v) is 11.0. The molecule has 0 fully saturated rings. The summed E-state index contributed by atoms with van der Waals surface area (Å²) in [5.74, 6) is -0.215. The van der Waals surface area contributed by atoms with Crippen molar-refractivity contribution in [3.63, 3.8) is 0 Å². The van der Waals surface area contributed by atoms with Gasteiger partial charge in [0, 0.05) is 16.1 Å². The fourth-order valence-electron chi connectivity index (χ4n) is 2.99. The predicted molar refractivity (Wildman–Crippen MR) is 131 cm³/mol. The van der Waals surface area contributed by atoms with Gasteiger partial charge in [-0.1, -0.05) is 46.3 Å². The first-order valence-electron chi connectivity index (χ1n) is 10.2. The summed E-state index contributed by atoms with van der Waals surface area (Å²) in [7, 11) is 3.05. The SMILES string of the molecule is COc1ccc(/C=C/C(=O)NC(=O)c2ccccc2OCC(=O)c2ccc(Br)cc2)cc1OC. The Bertz CT molecular complexity index is 1220. The Morgan fingerprint density at radius 1 is 0.882 bits per heavy atom. The average molecular weight is 524 g/mol. The molecule has 0 aromatic heterocycles. The van der Waals surface area contributed by atoms with Crippen LogP contribution in [-0.4, -0.2) is 38.4 Å². The van der Waals surface area contributed by atoms with E-state index in [0.717, 1.165) is 4.47 Å². The van der Waals surface area contributed by atoms with Crippen molar-refractivity contribution in [3.05, 3.63) is 94.0 Å². The molecule has 0 heterocycles. The van der Waals surface area contributed by atoms with E-state index in [-0.39, 0.29) is 23.7 Å². The molecule has 0 spiro atoms. The van der Waals surface area contributed by atoms with E-state index in [1.807, 2.05) is 0 Å². The van der Waals surface area contributed by atoms with E-state index < -0.39 is 11.8 Å². The maximum absolute atomic E-state index is 12.7. The van der Waals surface area contributed by atoms with E-state index in [2.05, 4.69) is 21.2 Å². The highest BCUT2D eigenvalue weighted by Gasteiger charge is 2.15. The van der Waals surface area contributed by atoms with E-state index >= 15 is 0 Å². The van der Waals surface area contributed by atoms with Gasteiger partial charge in [-0.2, -0.15) is 0 Å². The van der Waals surface area contributed by atoms with Crippen molar-refractivity contribution in [2.24, 2.45) is 0 Å². The number of amides is 2. The van der Waals surface area contributed by atoms with Gasteiger partial charge in [-0.05, 0) is 48.0 Å². The van der Waals surface area contributed by atoms with Crippen LogP contribution in [0.1, 0.15) is 26.3 Å². The molecule has 0 aliphatic heterocycles. The molecule has 1 N–H and O–H groups in total. The number of para-hydroxylation sites is 1. The number of benzene rings is 3. The highest BCUT2D eigenvalue weighted by Crippen LogP contribution is 2.28. The fourth-order valence-corrected chi connectivity index (χ4v) is 3.26. The van der Waals surface area contributed by atoms with Gasteiger partial charge in [-0.3, -0.25) is 19.7 Å². The number of nitrogens with one attached hydrogen (secondary N) is 1. The van der Waals surface area contributed by atoms with Crippen LogP contribution in [0.25, 0.3) is 6.08 Å². The molecule has 0 aliphatic rings. The smallest absolute Gasteiger partial charge is 0.261 e. The van der Waals surface area contributed by atoms with Crippen LogP contribution in [0.3, 0.4) is 0 Å². The molecule has 3 aromatic carbocycles. The number of carbonyl (C=O) groups excluding carboxylic acids is 3. The van der Waals surface area contributed by atoms with Gasteiger partial charge in [0.15, 0.2) is 23.9 Å². The zero-order valence-corrected chi connectivity index (χ0v) is 20.1. The minimum absolute atomic E-state index is 0.138. The summed E-state index contributed by atoms with van der Waals surface area (Å²) in [5.41, 5.74) is 1.31. The van der Waals surface area contributed by atoms with Crippen LogP contribution in [0.2, 0.25) is 0 Å². The molecule has 0 unspecified atom stereocenters. The second kappa shape index (κ2) is 11.8. The third kappa shape index (κ3) is 6.55. The number of Topliss-reactive ketones (excluding diaryl/α,β-unsaturated/α-hetero) is 1. The van der Waals surface area contributed by atoms with Gasteiger partial charge in [0.1, 0.15) is 5.75 Å². The Balaban J connectivity index is 1.63. The number of hydrogen-bond donors (Lipinski definition) is 1. The zero-order valence-electron chi connectivity index (χ0n) is 18.5. The van der Waals surface area contributed by atoms with Crippen LogP contribution < -0.4 is 19.5 Å². The van der Waals surface area contributed by atoms with Crippen molar-refractivity contribution >= 4 is 39.6 Å². The van der Waals surface area contributed by atoms with Gasteiger partial charge in [0.2, 0.25) is 0 Å². The number of halogens is 1. The molecule has 2 amide bonds. The summed E-state index contributed by atoms with van der Waals surface area (Å²) in [6.07, 6.45) is 2.78. The largest absolute Gasteiger partial charge is 0.493 e. The van der Waals surface area contributed by atoms with Crippen molar-refractivity contribution in [2.75, 3.05) is 20.8 Å². The molecule has 0 saturated heterocycles. The predicted octanol–water partition coefficient (Wildman–Crippen LogP) is 4.70. The van der Waals surface area contributed by atoms with Gasteiger partial charge in [0.25, 0.3) is 11.8 Å². The number of rotatable bonds is 9. The number of methoxy groups -OCH3 is 2. The highest BCUT2D eigenvalue weighted by atomic mass is 79.9. The van der Waals surface area contributed by atoms with Crippen molar-refractivity contribution < 1.29 is 28.6 Å². The molecule has 0 radical (unpaired) electrons. The Morgan fingerprint density at radius 2 is 1.59 bits per heavy atom. The lowest BCUT2D eigenvalue weighted by molar-refractivity contribution is -0.115. The molecule has 7 nitrogen and oxygen atoms in total. The summed E-state index contributed by atoms with van der Waals surface area (Å²) in [5, 5.41) is 2.29. The lowest BCUT2D eigenvalue weighted by Gasteiger charge is -2.10. The summed E-state index contributed by atoms with van der Waals surface area (Å²) in [6.45, 7) is -0.251. The fraction of sp³-hybridized carbons (Fsp3) is 0.115. The second-order valence-corrected chi connectivity index (χ2v) is 7.90. The first kappa shape index (κ1) is 24.7. The third-order valence-corrected chi connectivity index (χ3v) is 5.26. The number of ketones is 1. The quantitative estimate of drug-likeness (QED) is 0.323. The van der Waals surface area contributed by atoms with Crippen LogP contribution in [0.5, 0.6) is 17.2 Å².